The van der Waals surface area contributed by atoms with Gasteiger partial charge in [-0.1, -0.05) is 11.6 Å². The quantitative estimate of drug-likeness (QED) is 0.917. The average molecular weight is 272 g/mol. The minimum absolute atomic E-state index is 0.260. The summed E-state index contributed by atoms with van der Waals surface area (Å²) in [6.07, 6.45) is 7.88. The number of anilines is 1. The maximum Gasteiger partial charge on any atom is 0.0822 e. The van der Waals surface area contributed by atoms with E-state index in [2.05, 4.69) is 16.1 Å². The van der Waals surface area contributed by atoms with Gasteiger partial charge in [-0.2, -0.15) is 11.8 Å². The van der Waals surface area contributed by atoms with Crippen LogP contribution in [0.15, 0.2) is 18.5 Å². The molecule has 0 spiro atoms. The zero-order valence-electron chi connectivity index (χ0n) is 10.0. The fourth-order valence-corrected chi connectivity index (χ4v) is 3.27. The number of nitrogens with two attached hydrogens (primary N) is 1. The van der Waals surface area contributed by atoms with Crippen LogP contribution < -0.4 is 10.6 Å². The maximum atomic E-state index is 6.16. The molecule has 3 nitrogen and oxygen atoms in total. The van der Waals surface area contributed by atoms with Crippen molar-refractivity contribution in [2.75, 3.05) is 30.8 Å². The highest BCUT2D eigenvalue weighted by molar-refractivity contribution is 8.00. The van der Waals surface area contributed by atoms with Crippen molar-refractivity contribution in [2.45, 2.75) is 17.6 Å². The van der Waals surface area contributed by atoms with Crippen molar-refractivity contribution < 1.29 is 0 Å². The third-order valence-corrected chi connectivity index (χ3v) is 5.30. The predicted molar refractivity (Wildman–Crippen MR) is 76.0 cm³/mol. The number of rotatable bonds is 3. The molecule has 2 heterocycles. The van der Waals surface area contributed by atoms with Gasteiger partial charge < -0.3 is 10.6 Å². The van der Waals surface area contributed by atoms with Gasteiger partial charge in [0.2, 0.25) is 0 Å². The van der Waals surface area contributed by atoms with Crippen LogP contribution in [0, 0.1) is 0 Å². The Balaban J connectivity index is 2.07. The topological polar surface area (TPSA) is 42.1 Å². The fourth-order valence-electron chi connectivity index (χ4n) is 2.27. The first kappa shape index (κ1) is 13.0. The molecule has 2 rings (SSSR count). The lowest BCUT2D eigenvalue weighted by Crippen LogP contribution is -2.46. The number of thioether (sulfide) groups is 1. The molecule has 1 aliphatic heterocycles. The number of nitrogens with zero attached hydrogens (tertiary/aromatic N) is 2. The molecule has 0 unspecified atom stereocenters. The van der Waals surface area contributed by atoms with E-state index in [1.165, 1.54) is 0 Å². The van der Waals surface area contributed by atoms with Crippen molar-refractivity contribution in [1.29, 1.82) is 0 Å². The lowest BCUT2D eigenvalue weighted by atomic mass is 9.95. The molecule has 1 aromatic heterocycles. The van der Waals surface area contributed by atoms with Crippen LogP contribution in [-0.4, -0.2) is 35.6 Å². The monoisotopic (exact) mass is 271 g/mol. The largest absolute Gasteiger partial charge is 0.370 e. The van der Waals surface area contributed by atoms with Gasteiger partial charge in [0.25, 0.3) is 0 Å². The van der Waals surface area contributed by atoms with E-state index in [-0.39, 0.29) is 4.75 Å². The summed E-state index contributed by atoms with van der Waals surface area (Å²) in [6, 6.07) is 1.98. The van der Waals surface area contributed by atoms with Crippen molar-refractivity contribution in [2.24, 2.45) is 5.73 Å². The SMILES string of the molecule is CSC1(CN)CCN(c2ccncc2Cl)CC1. The standard InChI is InChI=1S/C12H18ClN3S/c1-17-12(9-14)3-6-16(7-4-12)11-2-5-15-8-10(11)13/h2,5,8H,3-4,6-7,9,14H2,1H3. The number of hydrogen-bond donors (Lipinski definition) is 1. The van der Waals surface area contributed by atoms with Crippen LogP contribution in [0.3, 0.4) is 0 Å². The van der Waals surface area contributed by atoms with Gasteiger partial charge in [0.05, 0.1) is 10.7 Å². The van der Waals surface area contributed by atoms with Crippen molar-refractivity contribution in [1.82, 2.24) is 4.98 Å². The van der Waals surface area contributed by atoms with Crippen LogP contribution in [0.2, 0.25) is 5.02 Å². The molecule has 1 aromatic rings. The molecule has 1 aliphatic rings. The second-order valence-electron chi connectivity index (χ2n) is 4.41. The van der Waals surface area contributed by atoms with Crippen molar-refractivity contribution >= 4 is 29.1 Å². The summed E-state index contributed by atoms with van der Waals surface area (Å²) in [4.78, 5) is 6.35. The predicted octanol–water partition coefficient (Wildman–Crippen LogP) is 2.40. The zero-order chi connectivity index (χ0) is 12.3. The Morgan fingerprint density at radius 1 is 1.53 bits per heavy atom. The maximum absolute atomic E-state index is 6.16. The van der Waals surface area contributed by atoms with Gasteiger partial charge in [-0.25, -0.2) is 0 Å². The summed E-state index contributed by atoms with van der Waals surface area (Å²) in [6.45, 7) is 2.79. The molecule has 94 valence electrons. The Morgan fingerprint density at radius 2 is 2.24 bits per heavy atom. The molecule has 0 amide bonds. The van der Waals surface area contributed by atoms with Crippen molar-refractivity contribution in [3.8, 4) is 0 Å². The molecule has 0 bridgehead atoms. The highest BCUT2D eigenvalue weighted by atomic mass is 35.5. The van der Waals surface area contributed by atoms with Crippen molar-refractivity contribution in [3.05, 3.63) is 23.5 Å². The Labute approximate surface area is 112 Å². The van der Waals surface area contributed by atoms with Gasteiger partial charge >= 0.3 is 0 Å². The molecule has 5 heteroatoms. The van der Waals surface area contributed by atoms with Crippen LogP contribution in [0.4, 0.5) is 5.69 Å². The second kappa shape index (κ2) is 5.46. The summed E-state index contributed by atoms with van der Waals surface area (Å²) in [5.41, 5.74) is 6.98. The Hall–Kier alpha value is -0.450. The Morgan fingerprint density at radius 3 is 2.76 bits per heavy atom. The molecule has 0 aliphatic carbocycles. The molecular weight excluding hydrogens is 254 g/mol. The summed E-state index contributed by atoms with van der Waals surface area (Å²) >= 11 is 8.06. The third-order valence-electron chi connectivity index (χ3n) is 3.57. The van der Waals surface area contributed by atoms with Crippen LogP contribution in [-0.2, 0) is 0 Å². The van der Waals surface area contributed by atoms with E-state index in [0.29, 0.717) is 0 Å². The smallest absolute Gasteiger partial charge is 0.0822 e. The first-order chi connectivity index (χ1) is 8.21. The van der Waals surface area contributed by atoms with Gasteiger partial charge in [0.15, 0.2) is 0 Å². The third kappa shape index (κ3) is 2.69. The lowest BCUT2D eigenvalue weighted by Gasteiger charge is -2.41. The van der Waals surface area contributed by atoms with Gasteiger partial charge in [-0.05, 0) is 25.2 Å². The molecular formula is C12H18ClN3S. The summed E-state index contributed by atoms with van der Waals surface area (Å²) in [5, 5.41) is 0.733. The number of halogens is 1. The van der Waals surface area contributed by atoms with E-state index in [1.54, 1.807) is 12.4 Å². The Kier molecular flexibility index (Phi) is 4.17. The van der Waals surface area contributed by atoms with Gasteiger partial charge in [0.1, 0.15) is 0 Å². The first-order valence-corrected chi connectivity index (χ1v) is 7.41. The van der Waals surface area contributed by atoms with E-state index in [1.807, 2.05) is 17.8 Å². The van der Waals surface area contributed by atoms with Crippen LogP contribution >= 0.6 is 23.4 Å². The second-order valence-corrected chi connectivity index (χ2v) is 6.09. The van der Waals surface area contributed by atoms with Gasteiger partial charge in [-0.15, -0.1) is 0 Å². The van der Waals surface area contributed by atoms with E-state index in [4.69, 9.17) is 17.3 Å². The molecule has 0 saturated carbocycles. The Bertz CT molecular complexity index is 372. The molecule has 2 N–H and O–H groups in total. The fraction of sp³-hybridized carbons (Fsp3) is 0.583. The lowest BCUT2D eigenvalue weighted by molar-refractivity contribution is 0.457. The molecule has 0 radical (unpaired) electrons. The van der Waals surface area contributed by atoms with Crippen LogP contribution in [0.25, 0.3) is 0 Å². The molecule has 0 atom stereocenters. The summed E-state index contributed by atoms with van der Waals surface area (Å²) in [5.74, 6) is 0. The van der Waals surface area contributed by atoms with Crippen LogP contribution in [0.5, 0.6) is 0 Å². The van der Waals surface area contributed by atoms with Gasteiger partial charge in [0, 0.05) is 36.8 Å². The minimum Gasteiger partial charge on any atom is -0.370 e. The summed E-state index contributed by atoms with van der Waals surface area (Å²) in [7, 11) is 0. The van der Waals surface area contributed by atoms with Crippen LogP contribution in [0.1, 0.15) is 12.8 Å². The summed E-state index contributed by atoms with van der Waals surface area (Å²) < 4.78 is 0.260. The zero-order valence-corrected chi connectivity index (χ0v) is 11.6. The number of hydrogen-bond acceptors (Lipinski definition) is 4. The highest BCUT2D eigenvalue weighted by Crippen LogP contribution is 2.36. The van der Waals surface area contributed by atoms with E-state index >= 15 is 0 Å². The minimum atomic E-state index is 0.260. The normalized spacial score (nSPS) is 19.4. The number of pyridine rings is 1. The molecule has 0 aromatic carbocycles. The molecule has 1 fully saturated rings. The molecule has 17 heavy (non-hydrogen) atoms. The van der Waals surface area contributed by atoms with E-state index < -0.39 is 0 Å². The van der Waals surface area contributed by atoms with E-state index in [0.717, 1.165) is 43.2 Å². The number of piperidine rings is 1. The van der Waals surface area contributed by atoms with Gasteiger partial charge in [-0.3, -0.25) is 4.98 Å². The highest BCUT2D eigenvalue weighted by Gasteiger charge is 2.32. The first-order valence-electron chi connectivity index (χ1n) is 5.80. The van der Waals surface area contributed by atoms with E-state index in [9.17, 15) is 0 Å². The average Bonchev–Trinajstić information content (AvgIpc) is 2.40. The molecule has 1 saturated heterocycles. The van der Waals surface area contributed by atoms with Crippen molar-refractivity contribution in [3.63, 3.8) is 0 Å². The number of aromatic nitrogens is 1.